The van der Waals surface area contributed by atoms with Crippen LogP contribution < -0.4 is 10.2 Å². The zero-order valence-electron chi connectivity index (χ0n) is 13.1. The van der Waals surface area contributed by atoms with E-state index in [1.165, 1.54) is 12.3 Å². The highest BCUT2D eigenvalue weighted by Crippen LogP contribution is 2.32. The summed E-state index contributed by atoms with van der Waals surface area (Å²) in [5, 5.41) is 13.5. The highest BCUT2D eigenvalue weighted by atomic mass is 35.5. The third kappa shape index (κ3) is 5.25. The Morgan fingerprint density at radius 3 is 2.72 bits per heavy atom. The van der Waals surface area contributed by atoms with Gasteiger partial charge in [0, 0.05) is 17.8 Å². The quantitative estimate of drug-likeness (QED) is 0.569. The van der Waals surface area contributed by atoms with Crippen LogP contribution in [0, 0.1) is 0 Å². The molecule has 0 aliphatic carbocycles. The Labute approximate surface area is 147 Å². The Bertz CT molecular complexity index is 767. The molecule has 0 aliphatic rings. The molecule has 0 bridgehead atoms. The van der Waals surface area contributed by atoms with E-state index in [9.17, 15) is 18.3 Å². The van der Waals surface area contributed by atoms with E-state index >= 15 is 0 Å². The molecule has 0 fully saturated rings. The normalized spacial score (nSPS) is 11.7. The van der Waals surface area contributed by atoms with Gasteiger partial charge in [0.15, 0.2) is 5.82 Å². The zero-order chi connectivity index (χ0) is 18.4. The number of hydrogen-bond donors (Lipinski definition) is 2. The van der Waals surface area contributed by atoms with E-state index in [0.717, 1.165) is 12.5 Å². The Hall–Kier alpha value is -2.48. The highest BCUT2D eigenvalue weighted by Gasteiger charge is 2.31. The molecule has 0 unspecified atom stereocenters. The van der Waals surface area contributed by atoms with Gasteiger partial charge in [-0.05, 0) is 24.6 Å². The lowest BCUT2D eigenvalue weighted by Crippen LogP contribution is -2.06. The molecule has 0 atom stereocenters. The summed E-state index contributed by atoms with van der Waals surface area (Å²) >= 11 is 5.75. The number of ether oxygens (including phenoxy) is 1. The first-order chi connectivity index (χ1) is 11.8. The topological polar surface area (TPSA) is 66.7 Å². The first-order valence-corrected chi connectivity index (χ1v) is 7.66. The molecule has 25 heavy (non-hydrogen) atoms. The maximum absolute atomic E-state index is 12.5. The molecule has 2 N–H and O–H groups in total. The van der Waals surface area contributed by atoms with Gasteiger partial charge in [0.1, 0.15) is 11.5 Å². The van der Waals surface area contributed by atoms with E-state index in [0.29, 0.717) is 24.1 Å². The summed E-state index contributed by atoms with van der Waals surface area (Å²) in [5.74, 6) is 0.441. The fourth-order valence-electron chi connectivity index (χ4n) is 1.78. The molecule has 134 valence electrons. The van der Waals surface area contributed by atoms with Crippen molar-refractivity contribution in [1.29, 1.82) is 0 Å². The van der Waals surface area contributed by atoms with Crippen LogP contribution in [0.1, 0.15) is 24.5 Å². The summed E-state index contributed by atoms with van der Waals surface area (Å²) in [5.41, 5.74) is 1.87. The van der Waals surface area contributed by atoms with Crippen molar-refractivity contribution in [1.82, 2.24) is 4.98 Å². The average Bonchev–Trinajstić information content (AvgIpc) is 2.55. The second-order valence-electron chi connectivity index (χ2n) is 4.99. The summed E-state index contributed by atoms with van der Waals surface area (Å²) in [6.45, 7) is 2.50. The van der Waals surface area contributed by atoms with Crippen LogP contribution in [0.2, 0.25) is 5.02 Å². The monoisotopic (exact) mass is 373 g/mol. The molecule has 5 nitrogen and oxygen atoms in total. The third-order valence-electron chi connectivity index (χ3n) is 3.02. The Kier molecular flexibility index (Phi) is 6.08. The van der Waals surface area contributed by atoms with Gasteiger partial charge in [-0.2, -0.15) is 18.3 Å². The van der Waals surface area contributed by atoms with Crippen LogP contribution in [0.15, 0.2) is 35.6 Å². The maximum atomic E-state index is 12.5. The van der Waals surface area contributed by atoms with Crippen molar-refractivity contribution in [3.63, 3.8) is 0 Å². The van der Waals surface area contributed by atoms with Gasteiger partial charge in [0.25, 0.3) is 0 Å². The van der Waals surface area contributed by atoms with Gasteiger partial charge < -0.3 is 9.84 Å². The van der Waals surface area contributed by atoms with Crippen LogP contribution in [0.4, 0.5) is 19.0 Å². The number of anilines is 1. The van der Waals surface area contributed by atoms with E-state index in [1.807, 2.05) is 6.92 Å². The number of rotatable bonds is 6. The fourth-order valence-corrected chi connectivity index (χ4v) is 1.99. The number of hydrogen-bond acceptors (Lipinski definition) is 5. The lowest BCUT2D eigenvalue weighted by molar-refractivity contribution is -0.137. The number of halogens is 4. The minimum Gasteiger partial charge on any atom is -0.507 e. The van der Waals surface area contributed by atoms with Crippen molar-refractivity contribution in [2.75, 3.05) is 12.0 Å². The molecule has 9 heteroatoms. The van der Waals surface area contributed by atoms with Crippen molar-refractivity contribution in [3.8, 4) is 11.5 Å². The Morgan fingerprint density at radius 1 is 1.36 bits per heavy atom. The molecule has 0 saturated carbocycles. The summed E-state index contributed by atoms with van der Waals surface area (Å²) in [6.07, 6.45) is -1.74. The number of aromatic hydroxyl groups is 1. The van der Waals surface area contributed by atoms with Crippen molar-refractivity contribution in [3.05, 3.63) is 46.6 Å². The number of hydrazone groups is 1. The number of phenols is 1. The molecule has 2 aromatic rings. The number of pyridine rings is 1. The van der Waals surface area contributed by atoms with E-state index in [4.69, 9.17) is 16.3 Å². The summed E-state index contributed by atoms with van der Waals surface area (Å²) in [6, 6.07) is 5.46. The van der Waals surface area contributed by atoms with E-state index in [1.54, 1.807) is 12.1 Å². The molecule has 1 heterocycles. The smallest absolute Gasteiger partial charge is 0.417 e. The predicted octanol–water partition coefficient (Wildman–Crippen LogP) is 4.69. The van der Waals surface area contributed by atoms with Crippen molar-refractivity contribution in [2.24, 2.45) is 5.10 Å². The van der Waals surface area contributed by atoms with Gasteiger partial charge in [-0.25, -0.2) is 4.98 Å². The van der Waals surface area contributed by atoms with Gasteiger partial charge in [-0.15, -0.1) is 0 Å². The van der Waals surface area contributed by atoms with Crippen LogP contribution >= 0.6 is 11.6 Å². The molecule has 1 aromatic carbocycles. The lowest BCUT2D eigenvalue weighted by Gasteiger charge is -2.08. The SMILES string of the molecule is CCCOc1ccc(/C=N/Nc2ncc(C(F)(F)F)cc2Cl)c(O)c1. The van der Waals surface area contributed by atoms with Gasteiger partial charge in [-0.1, -0.05) is 18.5 Å². The predicted molar refractivity (Wildman–Crippen MR) is 89.4 cm³/mol. The first-order valence-electron chi connectivity index (χ1n) is 7.29. The first kappa shape index (κ1) is 18.9. The number of aromatic nitrogens is 1. The number of benzene rings is 1. The van der Waals surface area contributed by atoms with Crippen molar-refractivity contribution >= 4 is 23.6 Å². The average molecular weight is 374 g/mol. The number of nitrogens with zero attached hydrogens (tertiary/aromatic N) is 2. The van der Waals surface area contributed by atoms with Crippen molar-refractivity contribution in [2.45, 2.75) is 19.5 Å². The molecule has 0 aliphatic heterocycles. The summed E-state index contributed by atoms with van der Waals surface area (Å²) < 4.78 is 43.0. The molecule has 0 radical (unpaired) electrons. The minimum atomic E-state index is -4.52. The molecule has 0 amide bonds. The zero-order valence-corrected chi connectivity index (χ0v) is 13.9. The molecular formula is C16H15ClF3N3O2. The van der Waals surface area contributed by atoms with Crippen molar-refractivity contribution < 1.29 is 23.0 Å². The van der Waals surface area contributed by atoms with Gasteiger partial charge in [0.2, 0.25) is 0 Å². The fraction of sp³-hybridized carbons (Fsp3) is 0.250. The van der Waals surface area contributed by atoms with E-state index in [2.05, 4.69) is 15.5 Å². The molecule has 1 aromatic heterocycles. The van der Waals surface area contributed by atoms with Gasteiger partial charge in [0.05, 0.1) is 23.4 Å². The standard InChI is InChI=1S/C16H15ClF3N3O2/c1-2-5-25-12-4-3-10(14(24)7-12)8-22-23-15-13(17)6-11(9-21-15)16(18,19)20/h3-4,6-9,24H,2,5H2,1H3,(H,21,23)/b22-8+. The number of nitrogens with one attached hydrogen (secondary N) is 1. The maximum Gasteiger partial charge on any atom is 0.417 e. The number of alkyl halides is 3. The minimum absolute atomic E-state index is 0.0340. The number of phenolic OH excluding ortho intramolecular Hbond substituents is 1. The molecular weight excluding hydrogens is 359 g/mol. The van der Waals surface area contributed by atoms with Crippen LogP contribution in [0.3, 0.4) is 0 Å². The second-order valence-corrected chi connectivity index (χ2v) is 5.40. The van der Waals surface area contributed by atoms with Crippen LogP contribution in [0.25, 0.3) is 0 Å². The highest BCUT2D eigenvalue weighted by molar-refractivity contribution is 6.32. The third-order valence-corrected chi connectivity index (χ3v) is 3.31. The van der Waals surface area contributed by atoms with E-state index < -0.39 is 11.7 Å². The second kappa shape index (κ2) is 8.06. The molecule has 0 spiro atoms. The van der Waals surface area contributed by atoms with Crippen LogP contribution in [0.5, 0.6) is 11.5 Å². The summed E-state index contributed by atoms with van der Waals surface area (Å²) in [7, 11) is 0. The lowest BCUT2D eigenvalue weighted by atomic mass is 10.2. The van der Waals surface area contributed by atoms with Crippen LogP contribution in [-0.2, 0) is 6.18 Å². The largest absolute Gasteiger partial charge is 0.507 e. The van der Waals surface area contributed by atoms with Gasteiger partial charge in [-0.3, -0.25) is 5.43 Å². The molecule has 2 rings (SSSR count). The Morgan fingerprint density at radius 2 is 2.12 bits per heavy atom. The van der Waals surface area contributed by atoms with Gasteiger partial charge >= 0.3 is 6.18 Å². The summed E-state index contributed by atoms with van der Waals surface area (Å²) in [4.78, 5) is 3.59. The molecule has 0 saturated heterocycles. The van der Waals surface area contributed by atoms with Crippen LogP contribution in [-0.4, -0.2) is 22.9 Å². The van der Waals surface area contributed by atoms with E-state index in [-0.39, 0.29) is 16.6 Å². The Balaban J connectivity index is 2.06.